The third-order valence-corrected chi connectivity index (χ3v) is 6.42. The Morgan fingerprint density at radius 3 is 2.73 bits per heavy atom. The molecule has 1 fully saturated rings. The monoisotopic (exact) mass is 425 g/mol. The first-order valence-electron chi connectivity index (χ1n) is 10.9. The van der Waals surface area contributed by atoms with Gasteiger partial charge in [0.1, 0.15) is 5.82 Å². The van der Waals surface area contributed by atoms with Crippen molar-refractivity contribution in [1.82, 2.24) is 24.6 Å². The molecule has 0 bridgehead atoms. The predicted molar refractivity (Wildman–Crippen MR) is 126 cm³/mol. The standard InChI is InChI=1S/C22H31N7S/c1-4-20-26-22(30-27-20)29-14-12-28(13-15-29)21(23-5-2)24-11-10-17-16(3)25-19-9-7-6-8-18(17)19/h6-9,25H,4-5,10-15H2,1-3H3,(H,23,24). The fourth-order valence-electron chi connectivity index (χ4n) is 3.98. The van der Waals surface area contributed by atoms with Crippen LogP contribution in [0.5, 0.6) is 0 Å². The van der Waals surface area contributed by atoms with Gasteiger partial charge in [-0.05, 0) is 31.9 Å². The zero-order valence-electron chi connectivity index (χ0n) is 18.1. The number of aromatic nitrogens is 3. The first-order valence-corrected chi connectivity index (χ1v) is 11.6. The van der Waals surface area contributed by atoms with Crippen LogP contribution in [0.4, 0.5) is 5.13 Å². The lowest BCUT2D eigenvalue weighted by Crippen LogP contribution is -2.52. The van der Waals surface area contributed by atoms with Gasteiger partial charge in [-0.15, -0.1) is 0 Å². The van der Waals surface area contributed by atoms with Gasteiger partial charge in [0.25, 0.3) is 0 Å². The highest BCUT2D eigenvalue weighted by Gasteiger charge is 2.22. The zero-order chi connectivity index (χ0) is 20.9. The summed E-state index contributed by atoms with van der Waals surface area (Å²) < 4.78 is 4.42. The van der Waals surface area contributed by atoms with E-state index in [-0.39, 0.29) is 0 Å². The van der Waals surface area contributed by atoms with E-state index >= 15 is 0 Å². The quantitative estimate of drug-likeness (QED) is 0.469. The van der Waals surface area contributed by atoms with Crippen molar-refractivity contribution < 1.29 is 0 Å². The summed E-state index contributed by atoms with van der Waals surface area (Å²) in [6, 6.07) is 8.52. The molecule has 0 saturated carbocycles. The molecule has 0 atom stereocenters. The Kier molecular flexibility index (Phi) is 6.52. The van der Waals surface area contributed by atoms with E-state index in [0.29, 0.717) is 0 Å². The molecule has 3 heterocycles. The van der Waals surface area contributed by atoms with Gasteiger partial charge in [0.15, 0.2) is 5.96 Å². The Hall–Kier alpha value is -2.61. The van der Waals surface area contributed by atoms with Gasteiger partial charge >= 0.3 is 0 Å². The average Bonchev–Trinajstić information content (AvgIpc) is 3.38. The van der Waals surface area contributed by atoms with Gasteiger partial charge in [0.2, 0.25) is 5.13 Å². The number of piperazine rings is 1. The number of rotatable bonds is 6. The van der Waals surface area contributed by atoms with Crippen molar-refractivity contribution in [3.05, 3.63) is 41.3 Å². The van der Waals surface area contributed by atoms with E-state index in [1.54, 1.807) is 0 Å². The van der Waals surface area contributed by atoms with Crippen LogP contribution in [0.3, 0.4) is 0 Å². The molecule has 3 aromatic rings. The number of para-hydroxylation sites is 1. The fraction of sp³-hybridized carbons (Fsp3) is 0.500. The van der Waals surface area contributed by atoms with Crippen molar-refractivity contribution in [2.45, 2.75) is 33.6 Å². The molecule has 4 rings (SSSR count). The number of aliphatic imine (C=N–C) groups is 1. The number of hydrogen-bond acceptors (Lipinski definition) is 5. The number of nitrogens with zero attached hydrogens (tertiary/aromatic N) is 5. The van der Waals surface area contributed by atoms with Crippen LogP contribution >= 0.6 is 11.5 Å². The second-order valence-corrected chi connectivity index (χ2v) is 8.31. The van der Waals surface area contributed by atoms with Gasteiger partial charge < -0.3 is 20.1 Å². The number of H-pyrrole nitrogens is 1. The van der Waals surface area contributed by atoms with Crippen molar-refractivity contribution >= 4 is 33.5 Å². The van der Waals surface area contributed by atoms with Gasteiger partial charge in [-0.1, -0.05) is 25.1 Å². The van der Waals surface area contributed by atoms with Crippen LogP contribution in [0.25, 0.3) is 10.9 Å². The largest absolute Gasteiger partial charge is 0.358 e. The number of aryl methyl sites for hydroxylation is 2. The minimum Gasteiger partial charge on any atom is -0.358 e. The van der Waals surface area contributed by atoms with Crippen LogP contribution in [-0.2, 0) is 12.8 Å². The molecule has 1 aliphatic rings. The Labute approximate surface area is 182 Å². The van der Waals surface area contributed by atoms with E-state index in [9.17, 15) is 0 Å². The molecule has 8 heteroatoms. The van der Waals surface area contributed by atoms with Gasteiger partial charge in [0, 0.05) is 73.8 Å². The van der Waals surface area contributed by atoms with Crippen molar-refractivity contribution in [1.29, 1.82) is 0 Å². The highest BCUT2D eigenvalue weighted by atomic mass is 32.1. The second-order valence-electron chi connectivity index (χ2n) is 7.58. The van der Waals surface area contributed by atoms with Crippen LogP contribution in [-0.4, -0.2) is 64.5 Å². The molecule has 0 amide bonds. The summed E-state index contributed by atoms with van der Waals surface area (Å²) in [5, 5.41) is 5.83. The number of benzene rings is 1. The fourth-order valence-corrected chi connectivity index (χ4v) is 4.78. The number of nitrogens with one attached hydrogen (secondary N) is 2. The summed E-state index contributed by atoms with van der Waals surface area (Å²) in [6.45, 7) is 11.8. The maximum Gasteiger partial charge on any atom is 0.205 e. The highest BCUT2D eigenvalue weighted by Crippen LogP contribution is 2.22. The van der Waals surface area contributed by atoms with Gasteiger partial charge in [-0.3, -0.25) is 4.99 Å². The SMILES string of the molecule is CCNC(=NCCc1c(C)[nH]c2ccccc12)N1CCN(c2nc(CC)ns2)CC1. The lowest BCUT2D eigenvalue weighted by atomic mass is 10.1. The molecule has 1 saturated heterocycles. The van der Waals surface area contributed by atoms with Crippen molar-refractivity contribution in [2.75, 3.05) is 44.2 Å². The van der Waals surface area contributed by atoms with E-state index in [1.165, 1.54) is 33.7 Å². The van der Waals surface area contributed by atoms with Crippen LogP contribution in [0.1, 0.15) is 30.9 Å². The van der Waals surface area contributed by atoms with E-state index in [1.807, 2.05) is 0 Å². The van der Waals surface area contributed by atoms with Gasteiger partial charge in [-0.25, -0.2) is 4.98 Å². The molecule has 160 valence electrons. The minimum atomic E-state index is 0.779. The van der Waals surface area contributed by atoms with Crippen molar-refractivity contribution in [3.8, 4) is 0 Å². The Morgan fingerprint density at radius 2 is 2.00 bits per heavy atom. The van der Waals surface area contributed by atoms with Crippen molar-refractivity contribution in [2.24, 2.45) is 4.99 Å². The average molecular weight is 426 g/mol. The molecule has 2 N–H and O–H groups in total. The third-order valence-electron chi connectivity index (χ3n) is 5.61. The van der Waals surface area contributed by atoms with E-state index in [4.69, 9.17) is 4.99 Å². The molecular weight excluding hydrogens is 394 g/mol. The summed E-state index contributed by atoms with van der Waals surface area (Å²) in [6.07, 6.45) is 1.83. The number of fused-ring (bicyclic) bond motifs is 1. The smallest absolute Gasteiger partial charge is 0.205 e. The van der Waals surface area contributed by atoms with E-state index < -0.39 is 0 Å². The van der Waals surface area contributed by atoms with Crippen molar-refractivity contribution in [3.63, 3.8) is 0 Å². The van der Waals surface area contributed by atoms with Crippen LogP contribution in [0.2, 0.25) is 0 Å². The van der Waals surface area contributed by atoms with Crippen LogP contribution in [0.15, 0.2) is 29.3 Å². The number of anilines is 1. The molecule has 2 aromatic heterocycles. The summed E-state index contributed by atoms with van der Waals surface area (Å²) in [5.41, 5.74) is 3.83. The number of hydrogen-bond donors (Lipinski definition) is 2. The Morgan fingerprint density at radius 1 is 1.20 bits per heavy atom. The maximum absolute atomic E-state index is 4.95. The molecule has 0 unspecified atom stereocenters. The maximum atomic E-state index is 4.95. The molecule has 0 radical (unpaired) electrons. The molecule has 0 spiro atoms. The van der Waals surface area contributed by atoms with Crippen LogP contribution in [0, 0.1) is 6.92 Å². The first-order chi connectivity index (χ1) is 14.7. The second kappa shape index (κ2) is 9.47. The summed E-state index contributed by atoms with van der Waals surface area (Å²) in [5.74, 6) is 1.96. The first kappa shape index (κ1) is 20.7. The lowest BCUT2D eigenvalue weighted by molar-refractivity contribution is 0.372. The Balaban J connectivity index is 1.38. The topological polar surface area (TPSA) is 72.4 Å². The zero-order valence-corrected chi connectivity index (χ0v) is 18.9. The summed E-state index contributed by atoms with van der Waals surface area (Å²) in [7, 11) is 0. The minimum absolute atomic E-state index is 0.779. The Bertz CT molecular complexity index is 998. The van der Waals surface area contributed by atoms with E-state index in [0.717, 1.165) is 69.0 Å². The van der Waals surface area contributed by atoms with E-state index in [2.05, 4.69) is 74.5 Å². The molecule has 1 aliphatic heterocycles. The number of aromatic amines is 1. The molecule has 7 nitrogen and oxygen atoms in total. The van der Waals surface area contributed by atoms with Crippen LogP contribution < -0.4 is 10.2 Å². The lowest BCUT2D eigenvalue weighted by Gasteiger charge is -2.36. The summed E-state index contributed by atoms with van der Waals surface area (Å²) in [4.78, 5) is 17.8. The van der Waals surface area contributed by atoms with Gasteiger partial charge in [-0.2, -0.15) is 4.37 Å². The predicted octanol–water partition coefficient (Wildman–Crippen LogP) is 3.22. The molecule has 1 aromatic carbocycles. The number of guanidine groups is 1. The van der Waals surface area contributed by atoms with Gasteiger partial charge in [0.05, 0.1) is 0 Å². The normalized spacial score (nSPS) is 15.2. The highest BCUT2D eigenvalue weighted by molar-refractivity contribution is 7.09. The third kappa shape index (κ3) is 4.43. The molecular formula is C22H31N7S. The molecule has 0 aliphatic carbocycles. The summed E-state index contributed by atoms with van der Waals surface area (Å²) >= 11 is 1.51. The molecule has 30 heavy (non-hydrogen) atoms.